The monoisotopic (exact) mass is 282 g/mol. The van der Waals surface area contributed by atoms with E-state index >= 15 is 0 Å². The number of hydrogen-bond donors (Lipinski definition) is 0. The summed E-state index contributed by atoms with van der Waals surface area (Å²) < 4.78 is 10.6. The fraction of sp³-hybridized carbons (Fsp3) is 0.176. The predicted molar refractivity (Wildman–Crippen MR) is 77.4 cm³/mol. The Morgan fingerprint density at radius 2 is 1.43 bits per heavy atom. The molecule has 0 aliphatic heterocycles. The molecule has 0 bridgehead atoms. The Kier molecular flexibility index (Phi) is 3.22. The average Bonchev–Trinajstić information content (AvgIpc) is 2.78. The minimum atomic E-state index is -0.854. The highest BCUT2D eigenvalue weighted by Crippen LogP contribution is 2.41. The second-order valence-corrected chi connectivity index (χ2v) is 4.79. The number of methoxy groups -OCH3 is 2. The van der Waals surface area contributed by atoms with Gasteiger partial charge in [-0.05, 0) is 6.07 Å². The van der Waals surface area contributed by atoms with Gasteiger partial charge in [-0.1, -0.05) is 36.4 Å². The topological polar surface area (TPSA) is 52.6 Å². The number of ketones is 2. The van der Waals surface area contributed by atoms with Gasteiger partial charge in [0.1, 0.15) is 5.92 Å². The predicted octanol–water partition coefficient (Wildman–Crippen LogP) is 2.87. The number of benzene rings is 2. The molecule has 0 atom stereocenters. The molecule has 0 saturated carbocycles. The fourth-order valence-electron chi connectivity index (χ4n) is 2.76. The van der Waals surface area contributed by atoms with Crippen LogP contribution in [0, 0.1) is 0 Å². The Bertz CT molecular complexity index is 698. The Morgan fingerprint density at radius 3 is 1.95 bits per heavy atom. The van der Waals surface area contributed by atoms with Crippen molar-refractivity contribution in [1.29, 1.82) is 0 Å². The minimum Gasteiger partial charge on any atom is -0.493 e. The van der Waals surface area contributed by atoms with Crippen LogP contribution in [0.1, 0.15) is 32.2 Å². The minimum absolute atomic E-state index is 0.192. The fourth-order valence-corrected chi connectivity index (χ4v) is 2.76. The van der Waals surface area contributed by atoms with Gasteiger partial charge in [0, 0.05) is 16.7 Å². The largest absolute Gasteiger partial charge is 0.493 e. The molecule has 106 valence electrons. The van der Waals surface area contributed by atoms with Gasteiger partial charge in [0.05, 0.1) is 14.2 Å². The molecule has 0 heterocycles. The van der Waals surface area contributed by atoms with Crippen LogP contribution in [0.15, 0.2) is 42.5 Å². The lowest BCUT2D eigenvalue weighted by Gasteiger charge is -2.15. The summed E-state index contributed by atoms with van der Waals surface area (Å²) in [7, 11) is 3.02. The molecule has 21 heavy (non-hydrogen) atoms. The zero-order valence-electron chi connectivity index (χ0n) is 11.8. The highest BCUT2D eigenvalue weighted by atomic mass is 16.5. The summed E-state index contributed by atoms with van der Waals surface area (Å²) in [4.78, 5) is 25.1. The summed E-state index contributed by atoms with van der Waals surface area (Å²) in [5.74, 6) is -0.303. The van der Waals surface area contributed by atoms with Crippen LogP contribution >= 0.6 is 0 Å². The van der Waals surface area contributed by atoms with Crippen molar-refractivity contribution in [3.8, 4) is 11.5 Å². The van der Waals surface area contributed by atoms with Crippen molar-refractivity contribution in [3.63, 3.8) is 0 Å². The van der Waals surface area contributed by atoms with Gasteiger partial charge in [-0.25, -0.2) is 0 Å². The van der Waals surface area contributed by atoms with Crippen molar-refractivity contribution >= 4 is 11.6 Å². The van der Waals surface area contributed by atoms with Gasteiger partial charge in [-0.15, -0.1) is 0 Å². The molecule has 4 heteroatoms. The first-order valence-corrected chi connectivity index (χ1v) is 6.57. The van der Waals surface area contributed by atoms with E-state index in [4.69, 9.17) is 9.47 Å². The SMILES string of the molecule is COc1cccc(C2C(=O)c3ccccc3C2=O)c1OC. The van der Waals surface area contributed by atoms with E-state index in [-0.39, 0.29) is 11.6 Å². The number of Topliss-reactive ketones (excluding diaryl/α,β-unsaturated/α-hetero) is 2. The average molecular weight is 282 g/mol. The van der Waals surface area contributed by atoms with E-state index in [1.807, 2.05) is 0 Å². The maximum absolute atomic E-state index is 12.6. The van der Waals surface area contributed by atoms with E-state index in [0.29, 0.717) is 28.2 Å². The van der Waals surface area contributed by atoms with Crippen LogP contribution in [-0.2, 0) is 0 Å². The summed E-state index contributed by atoms with van der Waals surface area (Å²) in [5, 5.41) is 0. The van der Waals surface area contributed by atoms with Crippen molar-refractivity contribution in [2.45, 2.75) is 5.92 Å². The van der Waals surface area contributed by atoms with Gasteiger partial charge in [-0.3, -0.25) is 9.59 Å². The van der Waals surface area contributed by atoms with E-state index in [0.717, 1.165) is 0 Å². The van der Waals surface area contributed by atoms with Gasteiger partial charge in [0.25, 0.3) is 0 Å². The molecule has 0 radical (unpaired) electrons. The van der Waals surface area contributed by atoms with Crippen LogP contribution < -0.4 is 9.47 Å². The molecule has 0 saturated heterocycles. The zero-order valence-corrected chi connectivity index (χ0v) is 11.8. The molecular weight excluding hydrogens is 268 g/mol. The molecule has 4 nitrogen and oxygen atoms in total. The van der Waals surface area contributed by atoms with Crippen LogP contribution in [0.5, 0.6) is 11.5 Å². The number of para-hydroxylation sites is 1. The number of carbonyl (C=O) groups excluding carboxylic acids is 2. The normalized spacial score (nSPS) is 14.2. The summed E-state index contributed by atoms with van der Waals surface area (Å²) in [6, 6.07) is 12.1. The van der Waals surface area contributed by atoms with E-state index in [1.165, 1.54) is 14.2 Å². The maximum atomic E-state index is 12.6. The van der Waals surface area contributed by atoms with Gasteiger partial charge in [-0.2, -0.15) is 0 Å². The van der Waals surface area contributed by atoms with E-state index in [9.17, 15) is 9.59 Å². The van der Waals surface area contributed by atoms with Gasteiger partial charge in [0.2, 0.25) is 0 Å². The quantitative estimate of drug-likeness (QED) is 0.812. The molecule has 2 aromatic carbocycles. The lowest BCUT2D eigenvalue weighted by molar-refractivity contribution is 0.0888. The van der Waals surface area contributed by atoms with E-state index < -0.39 is 5.92 Å². The van der Waals surface area contributed by atoms with Crippen LogP contribution in [0.25, 0.3) is 0 Å². The van der Waals surface area contributed by atoms with Crippen LogP contribution in [0.2, 0.25) is 0 Å². The first-order valence-electron chi connectivity index (χ1n) is 6.57. The molecule has 0 N–H and O–H groups in total. The van der Waals surface area contributed by atoms with Crippen LogP contribution in [0.4, 0.5) is 0 Å². The van der Waals surface area contributed by atoms with Crippen molar-refractivity contribution in [3.05, 3.63) is 59.2 Å². The first kappa shape index (κ1) is 13.4. The van der Waals surface area contributed by atoms with Crippen molar-refractivity contribution in [1.82, 2.24) is 0 Å². The lowest BCUT2D eigenvalue weighted by atomic mass is 9.93. The molecule has 0 aromatic heterocycles. The van der Waals surface area contributed by atoms with Gasteiger partial charge < -0.3 is 9.47 Å². The van der Waals surface area contributed by atoms with Crippen molar-refractivity contribution in [2.24, 2.45) is 0 Å². The molecular formula is C17H14O4. The number of hydrogen-bond acceptors (Lipinski definition) is 4. The molecule has 0 fully saturated rings. The second kappa shape index (κ2) is 5.05. The van der Waals surface area contributed by atoms with Gasteiger partial charge >= 0.3 is 0 Å². The summed E-state index contributed by atoms with van der Waals surface area (Å²) >= 11 is 0. The Morgan fingerprint density at radius 1 is 0.810 bits per heavy atom. The third-order valence-electron chi connectivity index (χ3n) is 3.73. The molecule has 0 unspecified atom stereocenters. The smallest absolute Gasteiger partial charge is 0.178 e. The van der Waals surface area contributed by atoms with E-state index in [1.54, 1.807) is 42.5 Å². The Labute approximate surface area is 122 Å². The molecule has 3 rings (SSSR count). The molecule has 0 spiro atoms. The highest BCUT2D eigenvalue weighted by Gasteiger charge is 2.41. The zero-order chi connectivity index (χ0) is 15.0. The first-order chi connectivity index (χ1) is 10.2. The molecule has 0 amide bonds. The van der Waals surface area contributed by atoms with Crippen LogP contribution in [0.3, 0.4) is 0 Å². The third kappa shape index (κ3) is 1.91. The number of ether oxygens (including phenoxy) is 2. The Balaban J connectivity index is 2.16. The highest BCUT2D eigenvalue weighted by molar-refractivity contribution is 6.29. The summed E-state index contributed by atoms with van der Waals surface area (Å²) in [6.45, 7) is 0. The molecule has 1 aliphatic carbocycles. The molecule has 1 aliphatic rings. The summed E-state index contributed by atoms with van der Waals surface area (Å²) in [5.41, 5.74) is 1.48. The summed E-state index contributed by atoms with van der Waals surface area (Å²) in [6.07, 6.45) is 0. The Hall–Kier alpha value is -2.62. The second-order valence-electron chi connectivity index (χ2n) is 4.79. The number of fused-ring (bicyclic) bond motifs is 1. The van der Waals surface area contributed by atoms with Crippen molar-refractivity contribution in [2.75, 3.05) is 14.2 Å². The number of carbonyl (C=O) groups is 2. The maximum Gasteiger partial charge on any atom is 0.178 e. The van der Waals surface area contributed by atoms with Crippen LogP contribution in [-0.4, -0.2) is 25.8 Å². The van der Waals surface area contributed by atoms with Crippen molar-refractivity contribution < 1.29 is 19.1 Å². The standard InChI is InChI=1S/C17H14O4/c1-20-13-9-5-8-12(17(13)21-2)14-15(18)10-6-3-4-7-11(10)16(14)19/h3-9,14H,1-2H3. The van der Waals surface area contributed by atoms with Gasteiger partial charge in [0.15, 0.2) is 23.1 Å². The third-order valence-corrected chi connectivity index (χ3v) is 3.73. The van der Waals surface area contributed by atoms with E-state index in [2.05, 4.69) is 0 Å². The number of rotatable bonds is 3. The molecule has 2 aromatic rings. The lowest BCUT2D eigenvalue weighted by Crippen LogP contribution is -2.14.